The second-order valence-electron chi connectivity index (χ2n) is 8.00. The van der Waals surface area contributed by atoms with Gasteiger partial charge in [0.25, 0.3) is 0 Å². The summed E-state index contributed by atoms with van der Waals surface area (Å²) >= 11 is 1.35. The van der Waals surface area contributed by atoms with Crippen LogP contribution in [0.15, 0.2) is 70.4 Å². The first-order chi connectivity index (χ1) is 17.0. The number of likely N-dealkylation sites (N-methyl/N-ethyl adjacent to an activating group) is 1. The molecule has 0 aliphatic heterocycles. The highest BCUT2D eigenvalue weighted by molar-refractivity contribution is 7.99. The summed E-state index contributed by atoms with van der Waals surface area (Å²) in [6, 6.07) is 17.5. The van der Waals surface area contributed by atoms with E-state index in [1.54, 1.807) is 25.4 Å². The van der Waals surface area contributed by atoms with Crippen molar-refractivity contribution >= 4 is 17.7 Å². The number of furan rings is 1. The number of carbonyl (C=O) groups is 1. The van der Waals surface area contributed by atoms with Crippen molar-refractivity contribution in [2.45, 2.75) is 18.5 Å². The van der Waals surface area contributed by atoms with E-state index >= 15 is 0 Å². The predicted molar refractivity (Wildman–Crippen MR) is 135 cm³/mol. The Hall–Kier alpha value is -3.72. The number of rotatable bonds is 10. The van der Waals surface area contributed by atoms with Gasteiger partial charge in [-0.05, 0) is 55.3 Å². The van der Waals surface area contributed by atoms with Crippen LogP contribution in [0, 0.1) is 6.92 Å². The Morgan fingerprint density at radius 1 is 1.06 bits per heavy atom. The minimum Gasteiger partial charge on any atom is -0.493 e. The molecular formula is C26H28N4O4S. The molecule has 1 amide bonds. The SMILES string of the molecule is COc1ccc(CCN(C)C(=O)CSc2nnc(-c3ccco3)n2-c2ccc(C)cc2)cc1OC. The van der Waals surface area contributed by atoms with Gasteiger partial charge in [-0.25, -0.2) is 0 Å². The van der Waals surface area contributed by atoms with Crippen LogP contribution in [0.4, 0.5) is 0 Å². The fourth-order valence-electron chi connectivity index (χ4n) is 3.55. The third kappa shape index (κ3) is 5.68. The molecule has 2 heterocycles. The van der Waals surface area contributed by atoms with Gasteiger partial charge in [0, 0.05) is 19.3 Å². The van der Waals surface area contributed by atoms with E-state index in [0.29, 0.717) is 41.2 Å². The number of aryl methyl sites for hydroxylation is 1. The molecule has 0 aliphatic rings. The summed E-state index contributed by atoms with van der Waals surface area (Å²) in [5.41, 5.74) is 3.13. The van der Waals surface area contributed by atoms with Crippen LogP contribution in [-0.2, 0) is 11.2 Å². The Morgan fingerprint density at radius 2 is 1.83 bits per heavy atom. The van der Waals surface area contributed by atoms with Gasteiger partial charge in [0.05, 0.1) is 26.2 Å². The first-order valence-electron chi connectivity index (χ1n) is 11.1. The van der Waals surface area contributed by atoms with E-state index in [-0.39, 0.29) is 11.7 Å². The fourth-order valence-corrected chi connectivity index (χ4v) is 4.44. The molecule has 0 fully saturated rings. The van der Waals surface area contributed by atoms with Crippen LogP contribution in [0.5, 0.6) is 11.5 Å². The smallest absolute Gasteiger partial charge is 0.232 e. The third-order valence-electron chi connectivity index (χ3n) is 5.60. The zero-order valence-electron chi connectivity index (χ0n) is 20.2. The molecule has 0 aliphatic carbocycles. The standard InChI is InChI=1S/C26H28N4O4S/c1-18-7-10-20(11-8-18)30-25(22-6-5-15-34-22)27-28-26(30)35-17-24(31)29(2)14-13-19-9-12-21(32-3)23(16-19)33-4/h5-12,15-16H,13-14,17H2,1-4H3. The number of carbonyl (C=O) groups excluding carboxylic acids is 1. The van der Waals surface area contributed by atoms with Crippen molar-refractivity contribution in [2.75, 3.05) is 33.6 Å². The van der Waals surface area contributed by atoms with Crippen LogP contribution in [0.2, 0.25) is 0 Å². The monoisotopic (exact) mass is 492 g/mol. The molecule has 0 atom stereocenters. The molecule has 0 saturated heterocycles. The van der Waals surface area contributed by atoms with Crippen molar-refractivity contribution in [2.24, 2.45) is 0 Å². The third-order valence-corrected chi connectivity index (χ3v) is 6.52. The minimum atomic E-state index is 0.00785. The van der Waals surface area contributed by atoms with Gasteiger partial charge < -0.3 is 18.8 Å². The highest BCUT2D eigenvalue weighted by Crippen LogP contribution is 2.29. The van der Waals surface area contributed by atoms with Crippen molar-refractivity contribution < 1.29 is 18.7 Å². The quantitative estimate of drug-likeness (QED) is 0.298. The number of methoxy groups -OCH3 is 2. The summed E-state index contributed by atoms with van der Waals surface area (Å²) in [7, 11) is 5.03. The molecule has 182 valence electrons. The lowest BCUT2D eigenvalue weighted by molar-refractivity contribution is -0.127. The maximum Gasteiger partial charge on any atom is 0.232 e. The second kappa shape index (κ2) is 11.1. The zero-order chi connectivity index (χ0) is 24.8. The summed E-state index contributed by atoms with van der Waals surface area (Å²) < 4.78 is 18.1. The summed E-state index contributed by atoms with van der Waals surface area (Å²) in [5, 5.41) is 9.32. The zero-order valence-corrected chi connectivity index (χ0v) is 21.0. The lowest BCUT2D eigenvalue weighted by atomic mass is 10.1. The molecule has 9 heteroatoms. The minimum absolute atomic E-state index is 0.00785. The van der Waals surface area contributed by atoms with Gasteiger partial charge in [0.2, 0.25) is 11.7 Å². The molecule has 2 aromatic heterocycles. The van der Waals surface area contributed by atoms with E-state index in [4.69, 9.17) is 13.9 Å². The second-order valence-corrected chi connectivity index (χ2v) is 8.94. The lowest BCUT2D eigenvalue weighted by Crippen LogP contribution is -2.30. The van der Waals surface area contributed by atoms with Crippen molar-refractivity contribution in [3.8, 4) is 28.8 Å². The number of nitrogens with zero attached hydrogens (tertiary/aromatic N) is 4. The van der Waals surface area contributed by atoms with E-state index in [1.165, 1.54) is 11.8 Å². The Bertz CT molecular complexity index is 1270. The average molecular weight is 493 g/mol. The molecule has 0 unspecified atom stereocenters. The van der Waals surface area contributed by atoms with Crippen molar-refractivity contribution in [1.82, 2.24) is 19.7 Å². The molecule has 0 bridgehead atoms. The lowest BCUT2D eigenvalue weighted by Gasteiger charge is -2.17. The Morgan fingerprint density at radius 3 is 2.51 bits per heavy atom. The first-order valence-corrected chi connectivity index (χ1v) is 12.1. The van der Waals surface area contributed by atoms with Crippen molar-refractivity contribution in [3.05, 3.63) is 72.0 Å². The van der Waals surface area contributed by atoms with Gasteiger partial charge in [-0.3, -0.25) is 9.36 Å². The number of hydrogen-bond acceptors (Lipinski definition) is 7. The molecule has 35 heavy (non-hydrogen) atoms. The average Bonchev–Trinajstić information content (AvgIpc) is 3.56. The van der Waals surface area contributed by atoms with Crippen LogP contribution in [-0.4, -0.2) is 59.1 Å². The van der Waals surface area contributed by atoms with Gasteiger partial charge in [0.15, 0.2) is 22.4 Å². The number of ether oxygens (including phenoxy) is 2. The van der Waals surface area contributed by atoms with Crippen molar-refractivity contribution in [1.29, 1.82) is 0 Å². The summed E-state index contributed by atoms with van der Waals surface area (Å²) in [5.74, 6) is 2.82. The number of hydrogen-bond donors (Lipinski definition) is 0. The summed E-state index contributed by atoms with van der Waals surface area (Å²) in [6.45, 7) is 2.62. The molecule has 0 N–H and O–H groups in total. The maximum atomic E-state index is 12.9. The molecule has 2 aromatic carbocycles. The van der Waals surface area contributed by atoms with E-state index in [0.717, 1.165) is 16.8 Å². The number of aromatic nitrogens is 3. The van der Waals surface area contributed by atoms with E-state index in [2.05, 4.69) is 10.2 Å². The molecular weight excluding hydrogens is 464 g/mol. The predicted octanol–water partition coefficient (Wildman–Crippen LogP) is 4.65. The van der Waals surface area contributed by atoms with Crippen LogP contribution in [0.3, 0.4) is 0 Å². The molecule has 4 aromatic rings. The normalized spacial score (nSPS) is 10.9. The number of thioether (sulfide) groups is 1. The largest absolute Gasteiger partial charge is 0.493 e. The first kappa shape index (κ1) is 24.4. The van der Waals surface area contributed by atoms with E-state index in [1.807, 2.05) is 73.1 Å². The van der Waals surface area contributed by atoms with Gasteiger partial charge in [-0.2, -0.15) is 0 Å². The Balaban J connectivity index is 1.43. The van der Waals surface area contributed by atoms with E-state index in [9.17, 15) is 4.79 Å². The highest BCUT2D eigenvalue weighted by atomic mass is 32.2. The van der Waals surface area contributed by atoms with Crippen LogP contribution in [0.25, 0.3) is 17.3 Å². The number of benzene rings is 2. The summed E-state index contributed by atoms with van der Waals surface area (Å²) in [6.07, 6.45) is 2.31. The molecule has 0 spiro atoms. The Kier molecular flexibility index (Phi) is 7.77. The van der Waals surface area contributed by atoms with Crippen molar-refractivity contribution in [3.63, 3.8) is 0 Å². The van der Waals surface area contributed by atoms with Gasteiger partial charge in [-0.15, -0.1) is 10.2 Å². The van der Waals surface area contributed by atoms with Crippen LogP contribution >= 0.6 is 11.8 Å². The van der Waals surface area contributed by atoms with Gasteiger partial charge in [-0.1, -0.05) is 35.5 Å². The molecule has 8 nitrogen and oxygen atoms in total. The van der Waals surface area contributed by atoms with Crippen LogP contribution in [0.1, 0.15) is 11.1 Å². The maximum absolute atomic E-state index is 12.9. The molecule has 0 saturated carbocycles. The summed E-state index contributed by atoms with van der Waals surface area (Å²) in [4.78, 5) is 14.6. The Labute approximate surface area is 208 Å². The number of amides is 1. The molecule has 4 rings (SSSR count). The van der Waals surface area contributed by atoms with E-state index < -0.39 is 0 Å². The van der Waals surface area contributed by atoms with Gasteiger partial charge >= 0.3 is 0 Å². The van der Waals surface area contributed by atoms with Crippen LogP contribution < -0.4 is 9.47 Å². The molecule has 0 radical (unpaired) electrons. The highest BCUT2D eigenvalue weighted by Gasteiger charge is 2.20. The fraction of sp³-hybridized carbons (Fsp3) is 0.269. The van der Waals surface area contributed by atoms with Gasteiger partial charge in [0.1, 0.15) is 0 Å². The topological polar surface area (TPSA) is 82.6 Å².